The molecule has 0 aliphatic carbocycles. The van der Waals surface area contributed by atoms with Crippen LogP contribution in [0.2, 0.25) is 0 Å². The van der Waals surface area contributed by atoms with Gasteiger partial charge in [-0.1, -0.05) is 13.3 Å². The number of nitrogens with one attached hydrogen (secondary N) is 1. The molecule has 1 N–H and O–H groups in total. The average Bonchev–Trinajstić information content (AvgIpc) is 3.18. The molecule has 0 radical (unpaired) electrons. The highest BCUT2D eigenvalue weighted by Crippen LogP contribution is 2.27. The number of aryl methyl sites for hydroxylation is 1. The van der Waals surface area contributed by atoms with E-state index in [4.69, 9.17) is 0 Å². The number of hydrogen-bond acceptors (Lipinski definition) is 3. The topological polar surface area (TPSA) is 66.8 Å². The van der Waals surface area contributed by atoms with Gasteiger partial charge in [-0.3, -0.25) is 4.79 Å². The highest BCUT2D eigenvalue weighted by molar-refractivity contribution is 5.82. The molecular weight excluding hydrogens is 266 g/mol. The van der Waals surface area contributed by atoms with E-state index in [2.05, 4.69) is 21.9 Å². The van der Waals surface area contributed by atoms with Gasteiger partial charge in [0.1, 0.15) is 17.6 Å². The van der Waals surface area contributed by atoms with Crippen LogP contribution in [0.4, 0.5) is 0 Å². The second-order valence-electron chi connectivity index (χ2n) is 5.57. The van der Waals surface area contributed by atoms with Crippen molar-refractivity contribution in [3.05, 3.63) is 24.4 Å². The summed E-state index contributed by atoms with van der Waals surface area (Å²) in [5.41, 5.74) is 0.883. The first-order valence-electron chi connectivity index (χ1n) is 7.52. The van der Waals surface area contributed by atoms with E-state index >= 15 is 0 Å². The van der Waals surface area contributed by atoms with Crippen molar-refractivity contribution in [3.8, 4) is 11.5 Å². The van der Waals surface area contributed by atoms with Crippen LogP contribution in [-0.2, 0) is 11.2 Å². The summed E-state index contributed by atoms with van der Waals surface area (Å²) in [6.07, 6.45) is 9.47. The molecule has 6 heteroatoms. The Hall–Kier alpha value is -2.11. The molecule has 1 amide bonds. The Bertz CT molecular complexity index is 630. The zero-order chi connectivity index (χ0) is 14.8. The van der Waals surface area contributed by atoms with Gasteiger partial charge in [0.15, 0.2) is 5.82 Å². The lowest BCUT2D eigenvalue weighted by Gasteiger charge is -2.13. The highest BCUT2D eigenvalue weighted by atomic mass is 16.2. The largest absolute Gasteiger partial charge is 0.344 e. The molecule has 6 nitrogen and oxygen atoms in total. The maximum absolute atomic E-state index is 12.2. The SMILES string of the molecule is CCCCc1ncc(-c2nccn2C2CCN(C)C2=O)[nH]1. The van der Waals surface area contributed by atoms with Crippen LogP contribution < -0.4 is 0 Å². The van der Waals surface area contributed by atoms with Gasteiger partial charge in [0, 0.05) is 32.4 Å². The molecule has 0 aromatic carbocycles. The van der Waals surface area contributed by atoms with Crippen molar-refractivity contribution in [2.24, 2.45) is 0 Å². The van der Waals surface area contributed by atoms with Crippen LogP contribution in [0.1, 0.15) is 38.1 Å². The molecule has 0 bridgehead atoms. The Balaban J connectivity index is 1.85. The van der Waals surface area contributed by atoms with Crippen LogP contribution in [0.5, 0.6) is 0 Å². The quantitative estimate of drug-likeness (QED) is 0.915. The normalized spacial score (nSPS) is 18.7. The summed E-state index contributed by atoms with van der Waals surface area (Å²) in [6.45, 7) is 2.96. The molecule has 2 aromatic rings. The fourth-order valence-electron chi connectivity index (χ4n) is 2.78. The standard InChI is InChI=1S/C15H21N5O/c1-3-4-5-13-17-10-11(18-13)14-16-7-9-20(14)12-6-8-19(2)15(12)21/h7,9-10,12H,3-6,8H2,1-2H3,(H,17,18). The third-order valence-corrected chi connectivity index (χ3v) is 4.04. The molecule has 1 unspecified atom stereocenters. The van der Waals surface area contributed by atoms with E-state index < -0.39 is 0 Å². The molecule has 21 heavy (non-hydrogen) atoms. The van der Waals surface area contributed by atoms with Crippen LogP contribution in [0.25, 0.3) is 11.5 Å². The second-order valence-corrected chi connectivity index (χ2v) is 5.57. The van der Waals surface area contributed by atoms with E-state index in [1.807, 2.05) is 24.0 Å². The van der Waals surface area contributed by atoms with Crippen molar-refractivity contribution in [2.45, 2.75) is 38.6 Å². The number of carbonyl (C=O) groups is 1. The third-order valence-electron chi connectivity index (χ3n) is 4.04. The number of aromatic amines is 1. The Morgan fingerprint density at radius 2 is 2.29 bits per heavy atom. The smallest absolute Gasteiger partial charge is 0.245 e. The first-order chi connectivity index (χ1) is 10.2. The molecule has 1 atom stereocenters. The highest BCUT2D eigenvalue weighted by Gasteiger charge is 2.32. The number of likely N-dealkylation sites (tertiary alicyclic amines) is 1. The molecular formula is C15H21N5O. The molecule has 3 heterocycles. The minimum Gasteiger partial charge on any atom is -0.344 e. The predicted octanol–water partition coefficient (Wildman–Crippen LogP) is 2.02. The summed E-state index contributed by atoms with van der Waals surface area (Å²) in [6, 6.07) is -0.144. The lowest BCUT2D eigenvalue weighted by Crippen LogP contribution is -2.24. The lowest BCUT2D eigenvalue weighted by molar-refractivity contribution is -0.129. The number of H-pyrrole nitrogens is 1. The summed E-state index contributed by atoms with van der Waals surface area (Å²) in [4.78, 5) is 26.1. The van der Waals surface area contributed by atoms with Gasteiger partial charge >= 0.3 is 0 Å². The lowest BCUT2D eigenvalue weighted by atomic mass is 10.2. The number of likely N-dealkylation sites (N-methyl/N-ethyl adjacent to an activating group) is 1. The molecule has 1 saturated heterocycles. The number of carbonyl (C=O) groups excluding carboxylic acids is 1. The summed E-state index contributed by atoms with van der Waals surface area (Å²) >= 11 is 0. The molecule has 1 aliphatic rings. The summed E-state index contributed by atoms with van der Waals surface area (Å²) in [7, 11) is 1.85. The van der Waals surface area contributed by atoms with Gasteiger partial charge in [-0.25, -0.2) is 9.97 Å². The minimum atomic E-state index is -0.144. The monoisotopic (exact) mass is 287 g/mol. The van der Waals surface area contributed by atoms with Crippen LogP contribution in [-0.4, -0.2) is 43.9 Å². The van der Waals surface area contributed by atoms with Crippen molar-refractivity contribution >= 4 is 5.91 Å². The van der Waals surface area contributed by atoms with E-state index in [1.165, 1.54) is 0 Å². The van der Waals surface area contributed by atoms with Crippen LogP contribution in [0.3, 0.4) is 0 Å². The number of hydrogen-bond donors (Lipinski definition) is 1. The molecule has 0 spiro atoms. The van der Waals surface area contributed by atoms with Crippen molar-refractivity contribution in [3.63, 3.8) is 0 Å². The molecule has 1 aliphatic heterocycles. The summed E-state index contributed by atoms with van der Waals surface area (Å²) in [5.74, 6) is 1.93. The van der Waals surface area contributed by atoms with E-state index in [-0.39, 0.29) is 11.9 Å². The third kappa shape index (κ3) is 2.57. The molecule has 0 saturated carbocycles. The Labute approximate surface area is 124 Å². The predicted molar refractivity (Wildman–Crippen MR) is 79.7 cm³/mol. The van der Waals surface area contributed by atoms with Gasteiger partial charge in [0.05, 0.1) is 6.20 Å². The van der Waals surface area contributed by atoms with E-state index in [1.54, 1.807) is 11.1 Å². The van der Waals surface area contributed by atoms with Gasteiger partial charge < -0.3 is 14.5 Å². The fourth-order valence-corrected chi connectivity index (χ4v) is 2.78. The van der Waals surface area contributed by atoms with Crippen LogP contribution in [0.15, 0.2) is 18.6 Å². The van der Waals surface area contributed by atoms with E-state index in [0.717, 1.165) is 49.6 Å². The van der Waals surface area contributed by atoms with Crippen LogP contribution >= 0.6 is 0 Å². The molecule has 112 valence electrons. The van der Waals surface area contributed by atoms with Gasteiger partial charge in [0.2, 0.25) is 5.91 Å². The van der Waals surface area contributed by atoms with Gasteiger partial charge in [-0.05, 0) is 12.8 Å². The first kappa shape index (κ1) is 13.9. The minimum absolute atomic E-state index is 0.144. The van der Waals surface area contributed by atoms with Gasteiger partial charge in [-0.2, -0.15) is 0 Å². The van der Waals surface area contributed by atoms with E-state index in [0.29, 0.717) is 0 Å². The van der Waals surface area contributed by atoms with Gasteiger partial charge in [0.25, 0.3) is 0 Å². The Kier molecular flexibility index (Phi) is 3.77. The van der Waals surface area contributed by atoms with Crippen molar-refractivity contribution in [1.29, 1.82) is 0 Å². The Morgan fingerprint density at radius 1 is 1.43 bits per heavy atom. The number of unbranched alkanes of at least 4 members (excludes halogenated alkanes) is 1. The number of nitrogens with zero attached hydrogens (tertiary/aromatic N) is 4. The average molecular weight is 287 g/mol. The maximum atomic E-state index is 12.2. The zero-order valence-corrected chi connectivity index (χ0v) is 12.5. The van der Waals surface area contributed by atoms with Crippen molar-refractivity contribution in [1.82, 2.24) is 24.4 Å². The van der Waals surface area contributed by atoms with Gasteiger partial charge in [-0.15, -0.1) is 0 Å². The zero-order valence-electron chi connectivity index (χ0n) is 12.5. The van der Waals surface area contributed by atoms with Crippen molar-refractivity contribution < 1.29 is 4.79 Å². The summed E-state index contributed by atoms with van der Waals surface area (Å²) < 4.78 is 1.96. The number of imidazole rings is 2. The second kappa shape index (κ2) is 5.71. The van der Waals surface area contributed by atoms with Crippen LogP contribution in [0, 0.1) is 0 Å². The number of rotatable bonds is 5. The summed E-state index contributed by atoms with van der Waals surface area (Å²) in [5, 5.41) is 0. The molecule has 1 fully saturated rings. The maximum Gasteiger partial charge on any atom is 0.245 e. The fraction of sp³-hybridized carbons (Fsp3) is 0.533. The van der Waals surface area contributed by atoms with Crippen molar-refractivity contribution in [2.75, 3.05) is 13.6 Å². The Morgan fingerprint density at radius 3 is 3.00 bits per heavy atom. The number of amides is 1. The molecule has 2 aromatic heterocycles. The first-order valence-corrected chi connectivity index (χ1v) is 7.52. The van der Waals surface area contributed by atoms with E-state index in [9.17, 15) is 4.79 Å². The molecule has 3 rings (SSSR count). The number of aromatic nitrogens is 4.